The number of hydrogen-bond acceptors (Lipinski definition) is 3. The molecule has 1 heterocycles. The average Bonchev–Trinajstić information content (AvgIpc) is 2.41. The van der Waals surface area contributed by atoms with Gasteiger partial charge in [-0.2, -0.15) is 0 Å². The van der Waals surface area contributed by atoms with Gasteiger partial charge in [0.1, 0.15) is 0 Å². The first-order valence-electron chi connectivity index (χ1n) is 6.66. The number of aryl methyl sites for hydroxylation is 4. The molecule has 2 rings (SSSR count). The molecule has 3 heteroatoms. The van der Waals surface area contributed by atoms with Crippen LogP contribution in [0.25, 0.3) is 0 Å². The van der Waals surface area contributed by atoms with E-state index in [1.807, 2.05) is 19.2 Å². The molecule has 0 aliphatic carbocycles. The molecular formula is C16H21N3. The lowest BCUT2D eigenvalue weighted by Gasteiger charge is -2.10. The second kappa shape index (κ2) is 6.34. The van der Waals surface area contributed by atoms with Crippen LogP contribution in [0.3, 0.4) is 0 Å². The van der Waals surface area contributed by atoms with Gasteiger partial charge >= 0.3 is 0 Å². The van der Waals surface area contributed by atoms with Gasteiger partial charge in [0.15, 0.2) is 0 Å². The maximum absolute atomic E-state index is 5.54. The Morgan fingerprint density at radius 3 is 2.63 bits per heavy atom. The van der Waals surface area contributed by atoms with Gasteiger partial charge in [0.2, 0.25) is 0 Å². The third kappa shape index (κ3) is 3.80. The number of nitrogen functional groups attached to an aromatic ring is 1. The van der Waals surface area contributed by atoms with Crippen LogP contribution in [0.4, 0.5) is 5.69 Å². The summed E-state index contributed by atoms with van der Waals surface area (Å²) in [6, 6.07) is 10.5. The Morgan fingerprint density at radius 2 is 1.95 bits per heavy atom. The number of aromatic nitrogens is 1. The number of nitrogens with zero attached hydrogens (tertiary/aromatic N) is 1. The Bertz CT molecular complexity index is 532. The molecule has 0 atom stereocenters. The highest BCUT2D eigenvalue weighted by Crippen LogP contribution is 2.19. The summed E-state index contributed by atoms with van der Waals surface area (Å²) < 4.78 is 0. The van der Waals surface area contributed by atoms with Crippen molar-refractivity contribution in [3.63, 3.8) is 0 Å². The van der Waals surface area contributed by atoms with Gasteiger partial charge in [-0.1, -0.05) is 23.8 Å². The van der Waals surface area contributed by atoms with E-state index in [0.717, 1.165) is 30.6 Å². The summed E-state index contributed by atoms with van der Waals surface area (Å²) >= 11 is 0. The summed E-state index contributed by atoms with van der Waals surface area (Å²) in [6.07, 6.45) is 5.14. The van der Waals surface area contributed by atoms with E-state index >= 15 is 0 Å². The molecule has 0 bridgehead atoms. The fourth-order valence-corrected chi connectivity index (χ4v) is 2.20. The van der Waals surface area contributed by atoms with Crippen molar-refractivity contribution in [2.75, 3.05) is 5.43 Å². The Labute approximate surface area is 114 Å². The van der Waals surface area contributed by atoms with Gasteiger partial charge in [-0.3, -0.25) is 10.8 Å². The first kappa shape index (κ1) is 13.6. The zero-order valence-electron chi connectivity index (χ0n) is 11.6. The fourth-order valence-electron chi connectivity index (χ4n) is 2.20. The summed E-state index contributed by atoms with van der Waals surface area (Å²) in [5.41, 5.74) is 8.70. The zero-order valence-corrected chi connectivity index (χ0v) is 11.6. The second-order valence-electron chi connectivity index (χ2n) is 4.97. The van der Waals surface area contributed by atoms with Crippen molar-refractivity contribution >= 4 is 5.69 Å². The molecule has 0 aliphatic heterocycles. The molecule has 1 aromatic heterocycles. The largest absolute Gasteiger partial charge is 0.324 e. The van der Waals surface area contributed by atoms with Gasteiger partial charge in [0.05, 0.1) is 5.69 Å². The predicted octanol–water partition coefficient (Wildman–Crippen LogP) is 3.16. The van der Waals surface area contributed by atoms with E-state index in [1.54, 1.807) is 0 Å². The number of nitrogens with two attached hydrogens (primary N) is 1. The number of hydrazine groups is 1. The molecule has 3 nitrogen and oxygen atoms in total. The number of benzene rings is 1. The summed E-state index contributed by atoms with van der Waals surface area (Å²) in [5, 5.41) is 0. The maximum Gasteiger partial charge on any atom is 0.0517 e. The van der Waals surface area contributed by atoms with Gasteiger partial charge in [0, 0.05) is 11.9 Å². The molecule has 1 aromatic carbocycles. The van der Waals surface area contributed by atoms with Crippen molar-refractivity contribution in [2.24, 2.45) is 5.84 Å². The first-order chi connectivity index (χ1) is 9.19. The SMILES string of the molecule is Cc1ccc(NN)c(CCCc2ccc(C)nc2)c1. The minimum Gasteiger partial charge on any atom is -0.324 e. The monoisotopic (exact) mass is 255 g/mol. The van der Waals surface area contributed by atoms with Crippen LogP contribution in [-0.2, 0) is 12.8 Å². The third-order valence-corrected chi connectivity index (χ3v) is 3.30. The lowest BCUT2D eigenvalue weighted by atomic mass is 10.0. The molecule has 19 heavy (non-hydrogen) atoms. The molecule has 0 amide bonds. The molecule has 0 saturated heterocycles. The van der Waals surface area contributed by atoms with Crippen LogP contribution in [-0.4, -0.2) is 4.98 Å². The molecule has 0 saturated carbocycles. The van der Waals surface area contributed by atoms with Gasteiger partial charge in [-0.05, 0) is 56.4 Å². The van der Waals surface area contributed by atoms with Crippen molar-refractivity contribution in [1.82, 2.24) is 4.98 Å². The highest BCUT2D eigenvalue weighted by Gasteiger charge is 2.02. The Balaban J connectivity index is 1.95. The maximum atomic E-state index is 5.54. The van der Waals surface area contributed by atoms with Crippen molar-refractivity contribution in [1.29, 1.82) is 0 Å². The second-order valence-corrected chi connectivity index (χ2v) is 4.97. The molecule has 0 radical (unpaired) electrons. The van der Waals surface area contributed by atoms with Crippen LogP contribution >= 0.6 is 0 Å². The summed E-state index contributed by atoms with van der Waals surface area (Å²) in [5.74, 6) is 5.54. The normalized spacial score (nSPS) is 10.5. The molecule has 2 aromatic rings. The van der Waals surface area contributed by atoms with Crippen molar-refractivity contribution in [2.45, 2.75) is 33.1 Å². The van der Waals surface area contributed by atoms with E-state index in [9.17, 15) is 0 Å². The van der Waals surface area contributed by atoms with E-state index in [2.05, 4.69) is 41.6 Å². The topological polar surface area (TPSA) is 50.9 Å². The van der Waals surface area contributed by atoms with Crippen LogP contribution in [0.15, 0.2) is 36.5 Å². The number of pyridine rings is 1. The molecule has 3 N–H and O–H groups in total. The standard InChI is InChI=1S/C16H21N3/c1-12-6-9-16(19-17)15(10-12)5-3-4-14-8-7-13(2)18-11-14/h6-11,19H,3-5,17H2,1-2H3. The smallest absolute Gasteiger partial charge is 0.0517 e. The average molecular weight is 255 g/mol. The Morgan fingerprint density at radius 1 is 1.11 bits per heavy atom. The van der Waals surface area contributed by atoms with Gasteiger partial charge in [-0.15, -0.1) is 0 Å². The van der Waals surface area contributed by atoms with E-state index in [0.29, 0.717) is 0 Å². The van der Waals surface area contributed by atoms with Crippen LogP contribution in [0.1, 0.15) is 28.8 Å². The highest BCUT2D eigenvalue weighted by molar-refractivity contribution is 5.51. The summed E-state index contributed by atoms with van der Waals surface area (Å²) in [4.78, 5) is 4.32. The van der Waals surface area contributed by atoms with Gasteiger partial charge < -0.3 is 5.43 Å². The molecule has 0 spiro atoms. The lowest BCUT2D eigenvalue weighted by Crippen LogP contribution is -2.09. The molecular weight excluding hydrogens is 234 g/mol. The Hall–Kier alpha value is -1.87. The summed E-state index contributed by atoms with van der Waals surface area (Å²) in [6.45, 7) is 4.11. The third-order valence-electron chi connectivity index (χ3n) is 3.30. The fraction of sp³-hybridized carbons (Fsp3) is 0.312. The van der Waals surface area contributed by atoms with Crippen LogP contribution < -0.4 is 11.3 Å². The number of hydrogen-bond donors (Lipinski definition) is 2. The van der Waals surface area contributed by atoms with Crippen LogP contribution in [0.5, 0.6) is 0 Å². The minimum absolute atomic E-state index is 1.02. The van der Waals surface area contributed by atoms with E-state index in [1.165, 1.54) is 16.7 Å². The van der Waals surface area contributed by atoms with E-state index in [-0.39, 0.29) is 0 Å². The minimum atomic E-state index is 1.02. The Kier molecular flexibility index (Phi) is 4.53. The quantitative estimate of drug-likeness (QED) is 0.637. The predicted molar refractivity (Wildman–Crippen MR) is 80.0 cm³/mol. The van der Waals surface area contributed by atoms with Crippen molar-refractivity contribution in [3.8, 4) is 0 Å². The number of nitrogens with one attached hydrogen (secondary N) is 1. The van der Waals surface area contributed by atoms with Gasteiger partial charge in [-0.25, -0.2) is 0 Å². The van der Waals surface area contributed by atoms with Crippen LogP contribution in [0.2, 0.25) is 0 Å². The number of anilines is 1. The lowest BCUT2D eigenvalue weighted by molar-refractivity contribution is 0.815. The molecule has 0 fully saturated rings. The van der Waals surface area contributed by atoms with Crippen molar-refractivity contribution < 1.29 is 0 Å². The van der Waals surface area contributed by atoms with E-state index < -0.39 is 0 Å². The van der Waals surface area contributed by atoms with Crippen molar-refractivity contribution in [3.05, 3.63) is 58.9 Å². The highest BCUT2D eigenvalue weighted by atomic mass is 15.2. The molecule has 100 valence electrons. The zero-order chi connectivity index (χ0) is 13.7. The molecule has 0 unspecified atom stereocenters. The number of rotatable bonds is 5. The first-order valence-corrected chi connectivity index (χ1v) is 6.66. The van der Waals surface area contributed by atoms with Gasteiger partial charge in [0.25, 0.3) is 0 Å². The summed E-state index contributed by atoms with van der Waals surface area (Å²) in [7, 11) is 0. The van der Waals surface area contributed by atoms with E-state index in [4.69, 9.17) is 5.84 Å². The molecule has 0 aliphatic rings. The van der Waals surface area contributed by atoms with Crippen LogP contribution in [0, 0.1) is 13.8 Å².